The van der Waals surface area contributed by atoms with Gasteiger partial charge in [-0.15, -0.1) is 0 Å². The molecule has 0 bridgehead atoms. The Hall–Kier alpha value is -2.57. The Kier molecular flexibility index (Phi) is 13.3. The Morgan fingerprint density at radius 2 is 1.82 bits per heavy atom. The van der Waals surface area contributed by atoms with Crippen LogP contribution in [0.25, 0.3) is 11.1 Å². The topological polar surface area (TPSA) is 78.4 Å². The molecular weight excluding hydrogens is 516 g/mol. The number of carboxylic acid groups (broad SMARTS) is 1. The van der Waals surface area contributed by atoms with Crippen LogP contribution in [-0.2, 0) is 11.3 Å². The number of amides is 1. The summed E-state index contributed by atoms with van der Waals surface area (Å²) >= 11 is 1.57. The zero-order chi connectivity index (χ0) is 28.9. The third-order valence-corrected chi connectivity index (χ3v) is 8.48. The van der Waals surface area contributed by atoms with Crippen molar-refractivity contribution in [1.29, 1.82) is 0 Å². The monoisotopic (exact) mass is 564 g/mol. The number of carbonyl (C=O) groups is 2. The van der Waals surface area contributed by atoms with Crippen molar-refractivity contribution in [2.45, 2.75) is 90.8 Å². The Morgan fingerprint density at radius 1 is 1.07 bits per heavy atom. The molecule has 3 N–H and O–H groups in total. The molecule has 218 valence electrons. The first kappa shape index (κ1) is 32.0. The first-order valence-electron chi connectivity index (χ1n) is 14.9. The van der Waals surface area contributed by atoms with Crippen molar-refractivity contribution in [2.24, 2.45) is 11.8 Å². The summed E-state index contributed by atoms with van der Waals surface area (Å²) in [5, 5.41) is 16.2. The lowest BCUT2D eigenvalue weighted by molar-refractivity contribution is -0.139. The molecule has 1 amide bonds. The van der Waals surface area contributed by atoms with Gasteiger partial charge in [0.1, 0.15) is 6.04 Å². The second kappa shape index (κ2) is 16.6. The highest BCUT2D eigenvalue weighted by Crippen LogP contribution is 2.30. The van der Waals surface area contributed by atoms with Gasteiger partial charge in [-0.05, 0) is 84.4 Å². The van der Waals surface area contributed by atoms with Crippen molar-refractivity contribution >= 4 is 23.6 Å². The lowest BCUT2D eigenvalue weighted by Crippen LogP contribution is -2.41. The minimum atomic E-state index is -1.00. The van der Waals surface area contributed by atoms with Gasteiger partial charge in [0.15, 0.2) is 0 Å². The number of aryl methyl sites for hydroxylation is 1. The molecule has 40 heavy (non-hydrogen) atoms. The third-order valence-electron chi connectivity index (χ3n) is 7.83. The van der Waals surface area contributed by atoms with Gasteiger partial charge in [0.05, 0.1) is 0 Å². The number of hydrogen-bond acceptors (Lipinski definition) is 4. The van der Waals surface area contributed by atoms with Crippen LogP contribution in [-0.4, -0.2) is 41.1 Å². The first-order chi connectivity index (χ1) is 19.3. The Bertz CT molecular complexity index is 1120. The van der Waals surface area contributed by atoms with E-state index in [0.717, 1.165) is 41.0 Å². The van der Waals surface area contributed by atoms with E-state index in [1.807, 2.05) is 49.6 Å². The molecule has 2 aromatic carbocycles. The predicted molar refractivity (Wildman–Crippen MR) is 169 cm³/mol. The maximum absolute atomic E-state index is 13.4. The number of nitrogens with one attached hydrogen (secondary N) is 2. The van der Waals surface area contributed by atoms with Gasteiger partial charge in [0.25, 0.3) is 5.91 Å². The molecule has 6 heteroatoms. The lowest BCUT2D eigenvalue weighted by atomic mass is 9.84. The Labute approximate surface area is 245 Å². The predicted octanol–water partition coefficient (Wildman–Crippen LogP) is 7.63. The normalized spacial score (nSPS) is 15.8. The van der Waals surface area contributed by atoms with E-state index in [1.54, 1.807) is 11.8 Å². The number of allylic oxidation sites excluding steroid dienone is 1. The van der Waals surface area contributed by atoms with Gasteiger partial charge in [0.2, 0.25) is 0 Å². The molecule has 0 spiro atoms. The number of benzene rings is 2. The summed E-state index contributed by atoms with van der Waals surface area (Å²) in [5.74, 6) is 0.730. The summed E-state index contributed by atoms with van der Waals surface area (Å²) in [6, 6.07) is 13.4. The first-order valence-corrected chi connectivity index (χ1v) is 16.3. The van der Waals surface area contributed by atoms with Crippen molar-refractivity contribution in [1.82, 2.24) is 10.6 Å². The maximum atomic E-state index is 13.4. The van der Waals surface area contributed by atoms with Crippen LogP contribution >= 0.6 is 11.8 Å². The van der Waals surface area contributed by atoms with Crippen LogP contribution in [0.3, 0.4) is 0 Å². The summed E-state index contributed by atoms with van der Waals surface area (Å²) < 4.78 is 0. The Morgan fingerprint density at radius 3 is 2.50 bits per heavy atom. The van der Waals surface area contributed by atoms with E-state index in [4.69, 9.17) is 0 Å². The molecule has 1 aliphatic rings. The average Bonchev–Trinajstić information content (AvgIpc) is 2.94. The molecule has 3 rings (SSSR count). The van der Waals surface area contributed by atoms with Crippen molar-refractivity contribution in [2.75, 3.05) is 12.0 Å². The molecule has 0 aliphatic heterocycles. The quantitative estimate of drug-likeness (QED) is 0.194. The fourth-order valence-electron chi connectivity index (χ4n) is 5.50. The third kappa shape index (κ3) is 10.1. The van der Waals surface area contributed by atoms with Crippen LogP contribution in [0.4, 0.5) is 0 Å². The lowest BCUT2D eigenvalue weighted by Gasteiger charge is -2.26. The van der Waals surface area contributed by atoms with Gasteiger partial charge in [-0.3, -0.25) is 4.79 Å². The minimum absolute atomic E-state index is 0.319. The van der Waals surface area contributed by atoms with Gasteiger partial charge in [-0.25, -0.2) is 4.79 Å². The van der Waals surface area contributed by atoms with Crippen LogP contribution < -0.4 is 10.6 Å². The van der Waals surface area contributed by atoms with Gasteiger partial charge < -0.3 is 15.7 Å². The minimum Gasteiger partial charge on any atom is -0.480 e. The molecule has 5 nitrogen and oxygen atoms in total. The molecule has 2 atom stereocenters. The number of carboxylic acids is 1. The second-order valence-corrected chi connectivity index (χ2v) is 12.6. The standard InChI is InChI=1S/C34H48N2O3S/c1-24(2)11-10-15-28(21-26-13-6-5-7-14-26)35-23-27-17-18-30(31(22-27)29-16-9-8-12-25(29)3)33(37)36-32(34(38)39)19-20-40-4/h8-10,12,15-18,22,24,26,28,32,35H,5-7,11,13-14,19-21,23H2,1-4H3,(H,36,37)(H,38,39)/t28?,32-/m0/s1. The van der Waals surface area contributed by atoms with E-state index in [2.05, 4.69) is 42.7 Å². The van der Waals surface area contributed by atoms with Crippen molar-refractivity contribution in [3.05, 3.63) is 71.3 Å². The highest BCUT2D eigenvalue weighted by atomic mass is 32.2. The highest BCUT2D eigenvalue weighted by molar-refractivity contribution is 7.98. The number of hydrogen-bond donors (Lipinski definition) is 3. The fraction of sp³-hybridized carbons (Fsp3) is 0.529. The highest BCUT2D eigenvalue weighted by Gasteiger charge is 2.23. The summed E-state index contributed by atoms with van der Waals surface area (Å²) in [6.45, 7) is 7.25. The molecule has 0 aromatic heterocycles. The van der Waals surface area contributed by atoms with Gasteiger partial charge >= 0.3 is 5.97 Å². The number of aliphatic carboxylic acids is 1. The van der Waals surface area contributed by atoms with E-state index in [9.17, 15) is 14.7 Å². The molecule has 2 aromatic rings. The number of thioether (sulfide) groups is 1. The van der Waals surface area contributed by atoms with Gasteiger partial charge in [-0.2, -0.15) is 11.8 Å². The molecule has 1 unspecified atom stereocenters. The van der Waals surface area contributed by atoms with Crippen LogP contribution in [0.5, 0.6) is 0 Å². The van der Waals surface area contributed by atoms with Crippen LogP contribution in [0.15, 0.2) is 54.6 Å². The van der Waals surface area contributed by atoms with E-state index >= 15 is 0 Å². The summed E-state index contributed by atoms with van der Waals surface area (Å²) in [4.78, 5) is 25.2. The van der Waals surface area contributed by atoms with Crippen LogP contribution in [0.2, 0.25) is 0 Å². The van der Waals surface area contributed by atoms with E-state index in [1.165, 1.54) is 32.1 Å². The summed E-state index contributed by atoms with van der Waals surface area (Å²) in [7, 11) is 0. The number of rotatable bonds is 15. The average molecular weight is 565 g/mol. The van der Waals surface area contributed by atoms with E-state index in [-0.39, 0.29) is 5.91 Å². The molecule has 1 saturated carbocycles. The maximum Gasteiger partial charge on any atom is 0.326 e. The number of carbonyl (C=O) groups excluding carboxylic acids is 1. The van der Waals surface area contributed by atoms with E-state index in [0.29, 0.717) is 36.2 Å². The van der Waals surface area contributed by atoms with E-state index < -0.39 is 12.0 Å². The van der Waals surface area contributed by atoms with Gasteiger partial charge in [-0.1, -0.05) is 88.4 Å². The smallest absolute Gasteiger partial charge is 0.326 e. The van der Waals surface area contributed by atoms with Crippen LogP contribution in [0.1, 0.15) is 86.7 Å². The molecule has 0 saturated heterocycles. The molecule has 0 heterocycles. The largest absolute Gasteiger partial charge is 0.480 e. The van der Waals surface area contributed by atoms with Crippen molar-refractivity contribution in [3.63, 3.8) is 0 Å². The fourth-order valence-corrected chi connectivity index (χ4v) is 5.97. The SMILES string of the molecule is CSCC[C@H](NC(=O)c1ccc(CNC(C=CCC(C)C)CC2CCCCC2)cc1-c1ccccc1C)C(=O)O. The summed E-state index contributed by atoms with van der Waals surface area (Å²) in [6.07, 6.45) is 16.0. The molecule has 0 radical (unpaired) electrons. The molecular formula is C34H48N2O3S. The zero-order valence-corrected chi connectivity index (χ0v) is 25.6. The summed E-state index contributed by atoms with van der Waals surface area (Å²) in [5.41, 5.74) is 4.51. The molecule has 1 fully saturated rings. The second-order valence-electron chi connectivity index (χ2n) is 11.6. The Balaban J connectivity index is 1.84. The zero-order valence-electron chi connectivity index (χ0n) is 24.7. The van der Waals surface area contributed by atoms with Crippen LogP contribution in [0, 0.1) is 18.8 Å². The van der Waals surface area contributed by atoms with Crippen molar-refractivity contribution < 1.29 is 14.7 Å². The van der Waals surface area contributed by atoms with Gasteiger partial charge in [0, 0.05) is 18.2 Å². The van der Waals surface area contributed by atoms with Crippen molar-refractivity contribution in [3.8, 4) is 11.1 Å². The molecule has 1 aliphatic carbocycles.